The molecule has 0 aliphatic carbocycles. The molecule has 0 bridgehead atoms. The van der Waals surface area contributed by atoms with Crippen molar-refractivity contribution in [2.75, 3.05) is 42.7 Å². The Bertz CT molecular complexity index is 433. The largest absolute Gasteiger partial charge is 0.388 e. The van der Waals surface area contributed by atoms with Crippen molar-refractivity contribution in [3.8, 4) is 0 Å². The molecule has 0 saturated heterocycles. The number of anilines is 3. The van der Waals surface area contributed by atoms with Gasteiger partial charge in [-0.2, -0.15) is 15.0 Å². The fraction of sp³-hybridized carbons (Fsp3) is 0.786. The van der Waals surface area contributed by atoms with Crippen molar-refractivity contribution >= 4 is 17.8 Å². The molecule has 0 atom stereocenters. The molecule has 0 unspecified atom stereocenters. The molecular formula is C14H28N6O. The van der Waals surface area contributed by atoms with Crippen LogP contribution in [-0.2, 0) is 0 Å². The lowest BCUT2D eigenvalue weighted by Crippen LogP contribution is -2.36. The minimum Gasteiger partial charge on any atom is -0.388 e. The highest BCUT2D eigenvalue weighted by molar-refractivity contribution is 5.43. The second kappa shape index (κ2) is 7.97. The molecule has 0 spiro atoms. The molecule has 21 heavy (non-hydrogen) atoms. The Morgan fingerprint density at radius 3 is 2.05 bits per heavy atom. The molecule has 0 aliphatic heterocycles. The van der Waals surface area contributed by atoms with Crippen molar-refractivity contribution in [1.82, 2.24) is 15.0 Å². The average Bonchev–Trinajstić information content (AvgIpc) is 2.50. The van der Waals surface area contributed by atoms with Crippen LogP contribution >= 0.6 is 0 Å². The highest BCUT2D eigenvalue weighted by Crippen LogP contribution is 2.16. The van der Waals surface area contributed by atoms with Crippen LogP contribution in [0.4, 0.5) is 17.8 Å². The molecule has 0 fully saturated rings. The number of hydrogen-bond donors (Lipinski definition) is 3. The Morgan fingerprint density at radius 1 is 1.00 bits per heavy atom. The third kappa shape index (κ3) is 5.34. The highest BCUT2D eigenvalue weighted by Gasteiger charge is 2.22. The summed E-state index contributed by atoms with van der Waals surface area (Å²) in [6.07, 6.45) is 2.36. The van der Waals surface area contributed by atoms with Crippen LogP contribution in [0.2, 0.25) is 0 Å². The van der Waals surface area contributed by atoms with Gasteiger partial charge in [-0.1, -0.05) is 20.8 Å². The molecule has 120 valence electrons. The van der Waals surface area contributed by atoms with Crippen molar-refractivity contribution < 1.29 is 5.11 Å². The van der Waals surface area contributed by atoms with Gasteiger partial charge in [-0.25, -0.2) is 0 Å². The van der Waals surface area contributed by atoms with Crippen LogP contribution in [0, 0.1) is 0 Å². The van der Waals surface area contributed by atoms with E-state index in [4.69, 9.17) is 0 Å². The van der Waals surface area contributed by atoms with Crippen LogP contribution in [0.15, 0.2) is 0 Å². The van der Waals surface area contributed by atoms with Crippen LogP contribution < -0.4 is 15.5 Å². The predicted octanol–water partition coefficient (Wildman–Crippen LogP) is 1.72. The van der Waals surface area contributed by atoms with E-state index in [-0.39, 0.29) is 0 Å². The van der Waals surface area contributed by atoms with E-state index < -0.39 is 5.60 Å². The molecule has 0 saturated carbocycles. The van der Waals surface area contributed by atoms with Gasteiger partial charge >= 0.3 is 0 Å². The smallest absolute Gasteiger partial charge is 0.231 e. The summed E-state index contributed by atoms with van der Waals surface area (Å²) in [6, 6.07) is 0. The molecule has 3 N–H and O–H groups in total. The molecule has 1 rings (SSSR count). The van der Waals surface area contributed by atoms with Crippen molar-refractivity contribution in [1.29, 1.82) is 0 Å². The number of nitrogens with zero attached hydrogens (tertiary/aromatic N) is 4. The lowest BCUT2D eigenvalue weighted by atomic mass is 9.98. The van der Waals surface area contributed by atoms with Gasteiger partial charge < -0.3 is 20.6 Å². The van der Waals surface area contributed by atoms with Gasteiger partial charge in [0.25, 0.3) is 0 Å². The van der Waals surface area contributed by atoms with Crippen molar-refractivity contribution in [3.05, 3.63) is 0 Å². The predicted molar refractivity (Wildman–Crippen MR) is 87.0 cm³/mol. The van der Waals surface area contributed by atoms with E-state index in [1.165, 1.54) is 0 Å². The summed E-state index contributed by atoms with van der Waals surface area (Å²) in [4.78, 5) is 14.9. The van der Waals surface area contributed by atoms with Gasteiger partial charge in [0.05, 0.1) is 5.60 Å². The van der Waals surface area contributed by atoms with Crippen molar-refractivity contribution in [3.63, 3.8) is 0 Å². The summed E-state index contributed by atoms with van der Waals surface area (Å²) in [5.41, 5.74) is -0.734. The Hall–Kier alpha value is -1.63. The number of rotatable bonds is 9. The maximum atomic E-state index is 10.3. The third-order valence-corrected chi connectivity index (χ3v) is 3.45. The molecule has 1 aromatic heterocycles. The van der Waals surface area contributed by atoms with Crippen LogP contribution in [-0.4, -0.2) is 52.8 Å². The summed E-state index contributed by atoms with van der Waals surface area (Å²) >= 11 is 0. The topological polar surface area (TPSA) is 86.2 Å². The first-order valence-corrected chi connectivity index (χ1v) is 7.57. The molecule has 1 aromatic rings. The molecule has 0 radical (unpaired) electrons. The fourth-order valence-corrected chi connectivity index (χ4v) is 1.70. The minimum absolute atomic E-state index is 0.421. The Balaban J connectivity index is 2.87. The van der Waals surface area contributed by atoms with Gasteiger partial charge in [-0.05, 0) is 19.3 Å². The molecule has 7 nitrogen and oxygen atoms in total. The standard InChI is InChI=1S/C14H28N6O/c1-6-9-15-11-17-12(19-13(18-11)20(4)5)16-10-14(21,7-2)8-3/h21H,6-10H2,1-5H3,(H2,15,16,17,18,19). The van der Waals surface area contributed by atoms with Crippen LogP contribution in [0.1, 0.15) is 40.0 Å². The lowest BCUT2D eigenvalue weighted by molar-refractivity contribution is 0.0455. The van der Waals surface area contributed by atoms with Crippen LogP contribution in [0.5, 0.6) is 0 Å². The van der Waals surface area contributed by atoms with Gasteiger partial charge in [0, 0.05) is 27.2 Å². The lowest BCUT2D eigenvalue weighted by Gasteiger charge is -2.25. The first-order chi connectivity index (χ1) is 9.94. The second-order valence-electron chi connectivity index (χ2n) is 5.39. The third-order valence-electron chi connectivity index (χ3n) is 3.45. The summed E-state index contributed by atoms with van der Waals surface area (Å²) in [7, 11) is 3.77. The molecule has 1 heterocycles. The number of nitrogens with one attached hydrogen (secondary N) is 2. The van der Waals surface area contributed by atoms with Crippen LogP contribution in [0.25, 0.3) is 0 Å². The van der Waals surface area contributed by atoms with Crippen molar-refractivity contribution in [2.24, 2.45) is 0 Å². The van der Waals surface area contributed by atoms with Gasteiger partial charge in [0.15, 0.2) is 0 Å². The van der Waals surface area contributed by atoms with E-state index >= 15 is 0 Å². The van der Waals surface area contributed by atoms with E-state index in [0.717, 1.165) is 13.0 Å². The second-order valence-corrected chi connectivity index (χ2v) is 5.39. The SMILES string of the molecule is CCCNc1nc(NCC(O)(CC)CC)nc(N(C)C)n1. The Kier molecular flexibility index (Phi) is 6.61. The fourth-order valence-electron chi connectivity index (χ4n) is 1.70. The zero-order valence-electron chi connectivity index (χ0n) is 13.8. The maximum Gasteiger partial charge on any atom is 0.231 e. The maximum absolute atomic E-state index is 10.3. The molecule has 0 aromatic carbocycles. The molecular weight excluding hydrogens is 268 g/mol. The van der Waals surface area contributed by atoms with Gasteiger partial charge in [0.1, 0.15) is 0 Å². The van der Waals surface area contributed by atoms with Crippen LogP contribution in [0.3, 0.4) is 0 Å². The van der Waals surface area contributed by atoms with Gasteiger partial charge in [-0.15, -0.1) is 0 Å². The monoisotopic (exact) mass is 296 g/mol. The summed E-state index contributed by atoms with van der Waals surface area (Å²) < 4.78 is 0. The summed E-state index contributed by atoms with van der Waals surface area (Å²) in [5.74, 6) is 1.62. The summed E-state index contributed by atoms with van der Waals surface area (Å²) in [6.45, 7) is 7.26. The average molecular weight is 296 g/mol. The molecule has 0 amide bonds. The van der Waals surface area contributed by atoms with Crippen molar-refractivity contribution in [2.45, 2.75) is 45.6 Å². The Labute approximate surface area is 127 Å². The highest BCUT2D eigenvalue weighted by atomic mass is 16.3. The zero-order chi connectivity index (χ0) is 15.9. The van der Waals surface area contributed by atoms with E-state index in [9.17, 15) is 5.11 Å². The molecule has 7 heteroatoms. The van der Waals surface area contributed by atoms with E-state index in [1.54, 1.807) is 0 Å². The normalized spacial score (nSPS) is 11.3. The number of aromatic nitrogens is 3. The van der Waals surface area contributed by atoms with E-state index in [0.29, 0.717) is 37.2 Å². The Morgan fingerprint density at radius 2 is 1.57 bits per heavy atom. The summed E-state index contributed by atoms with van der Waals surface area (Å²) in [5, 5.41) is 16.6. The first-order valence-electron chi connectivity index (χ1n) is 7.57. The zero-order valence-corrected chi connectivity index (χ0v) is 13.8. The number of aliphatic hydroxyl groups is 1. The quantitative estimate of drug-likeness (QED) is 0.639. The van der Waals surface area contributed by atoms with Gasteiger partial charge in [-0.3, -0.25) is 0 Å². The number of hydrogen-bond acceptors (Lipinski definition) is 7. The van der Waals surface area contributed by atoms with Gasteiger partial charge in [0.2, 0.25) is 17.8 Å². The van der Waals surface area contributed by atoms with E-state index in [1.807, 2.05) is 32.8 Å². The van der Waals surface area contributed by atoms with E-state index in [2.05, 4.69) is 32.5 Å². The first kappa shape index (κ1) is 17.4. The minimum atomic E-state index is -0.734. The molecule has 0 aliphatic rings.